The minimum Gasteiger partial charge on any atom is -0.760 e. The average Bonchev–Trinajstić information content (AvgIpc) is 2.15. The number of benzene rings is 1. The second kappa shape index (κ2) is 7.52. The molecule has 6 N–H and O–H groups in total. The van der Waals surface area contributed by atoms with Crippen molar-refractivity contribution in [1.29, 1.82) is 0 Å². The summed E-state index contributed by atoms with van der Waals surface area (Å²) in [5.41, 5.74) is 11.2. The third-order valence-electron chi connectivity index (χ3n) is 1.51. The van der Waals surface area contributed by atoms with E-state index in [4.69, 9.17) is 16.4 Å². The Bertz CT molecular complexity index is 487. The molecule has 8 nitrogen and oxygen atoms in total. The first kappa shape index (κ1) is 17.1. The fourth-order valence-electron chi connectivity index (χ4n) is 0.973. The molecule has 0 aliphatic carbocycles. The number of hydrogen-bond donors (Lipinski definition) is 4. The van der Waals surface area contributed by atoms with E-state index in [-0.39, 0.29) is 35.5 Å². The Morgan fingerprint density at radius 2 is 1.89 bits per heavy atom. The number of anilines is 1. The van der Waals surface area contributed by atoms with Crippen molar-refractivity contribution in [3.8, 4) is 0 Å². The zero-order valence-electron chi connectivity index (χ0n) is 9.65. The van der Waals surface area contributed by atoms with Gasteiger partial charge in [-0.2, -0.15) is 9.76 Å². The van der Waals surface area contributed by atoms with Crippen molar-refractivity contribution in [3.63, 3.8) is 0 Å². The van der Waals surface area contributed by atoms with Gasteiger partial charge in [-0.1, -0.05) is 18.2 Å². The quantitative estimate of drug-likeness (QED) is 0.189. The van der Waals surface area contributed by atoms with Crippen LogP contribution in [0.1, 0.15) is 0 Å². The van der Waals surface area contributed by atoms with E-state index in [9.17, 15) is 9.46 Å². The summed E-state index contributed by atoms with van der Waals surface area (Å²) in [5, 5.41) is 2.65. The Kier molecular flexibility index (Phi) is 7.15. The number of nitrogens with two attached hydrogens (primary N) is 2. The number of aliphatic imine (C=N–C) groups is 1. The van der Waals surface area contributed by atoms with Gasteiger partial charge in [-0.25, -0.2) is 0 Å². The van der Waals surface area contributed by atoms with Crippen LogP contribution >= 0.6 is 7.75 Å². The van der Waals surface area contributed by atoms with Crippen LogP contribution in [0, 0.1) is 0 Å². The van der Waals surface area contributed by atoms with Crippen LogP contribution < -0.4 is 51.2 Å². The van der Waals surface area contributed by atoms with Crippen LogP contribution in [0.15, 0.2) is 40.1 Å². The number of guanidine groups is 2. The average molecular weight is 279 g/mol. The fourth-order valence-corrected chi connectivity index (χ4v) is 1.28. The van der Waals surface area contributed by atoms with Gasteiger partial charge < -0.3 is 26.6 Å². The molecule has 0 heterocycles. The number of nitrogens with one attached hydrogen (secondary N) is 1. The smallest absolute Gasteiger partial charge is 0.760 e. The van der Waals surface area contributed by atoms with Crippen molar-refractivity contribution in [2.45, 2.75) is 0 Å². The van der Waals surface area contributed by atoms with Crippen LogP contribution in [0.5, 0.6) is 0 Å². The molecule has 18 heavy (non-hydrogen) atoms. The summed E-state index contributed by atoms with van der Waals surface area (Å²) in [7, 11) is -4.84. The van der Waals surface area contributed by atoms with Gasteiger partial charge in [0, 0.05) is 5.69 Å². The van der Waals surface area contributed by atoms with E-state index in [0.717, 1.165) is 0 Å². The van der Waals surface area contributed by atoms with Crippen molar-refractivity contribution < 1.29 is 43.9 Å². The summed E-state index contributed by atoms with van der Waals surface area (Å²) >= 11 is 0. The van der Waals surface area contributed by atoms with Gasteiger partial charge in [-0.05, 0) is 12.1 Å². The Hall–Kier alpha value is -0.890. The Labute approximate surface area is 126 Å². The first-order valence-electron chi connectivity index (χ1n) is 4.42. The molecule has 0 radical (unpaired) electrons. The Morgan fingerprint density at radius 3 is 2.39 bits per heavy atom. The summed E-state index contributed by atoms with van der Waals surface area (Å²) in [6.07, 6.45) is 0. The molecule has 0 saturated heterocycles. The molecule has 0 aromatic heterocycles. The van der Waals surface area contributed by atoms with Crippen LogP contribution in [-0.2, 0) is 4.57 Å². The molecule has 0 bridgehead atoms. The summed E-state index contributed by atoms with van der Waals surface area (Å²) in [5.74, 6) is -0.808. The maximum Gasteiger partial charge on any atom is 1.00 e. The van der Waals surface area contributed by atoms with Gasteiger partial charge in [0.25, 0.3) is 7.75 Å². The van der Waals surface area contributed by atoms with Gasteiger partial charge in [0.15, 0.2) is 0 Å². The normalized spacial score (nSPS) is 15.4. The fraction of sp³-hybridized carbons (Fsp3) is 0. The van der Waals surface area contributed by atoms with Gasteiger partial charge in [0.05, 0.1) is 0 Å². The molecule has 1 unspecified atom stereocenters. The molecule has 1 aromatic carbocycles. The van der Waals surface area contributed by atoms with Crippen molar-refractivity contribution in [2.24, 2.45) is 21.2 Å². The van der Waals surface area contributed by atoms with Gasteiger partial charge in [-0.15, -0.1) is 0 Å². The number of hydrogen-bond acceptors (Lipinski definition) is 2. The van der Waals surface area contributed by atoms with Crippen LogP contribution in [0.2, 0.25) is 0 Å². The topological polar surface area (TPSA) is 149 Å². The van der Waals surface area contributed by atoms with Gasteiger partial charge in [0.2, 0.25) is 11.9 Å². The van der Waals surface area contributed by atoms with Gasteiger partial charge in [0.1, 0.15) is 0 Å². The third-order valence-corrected chi connectivity index (χ3v) is 1.97. The summed E-state index contributed by atoms with van der Waals surface area (Å²) in [6, 6.07) is 8.80. The van der Waals surface area contributed by atoms with Crippen molar-refractivity contribution in [3.05, 3.63) is 30.3 Å². The van der Waals surface area contributed by atoms with Crippen LogP contribution in [0.3, 0.4) is 0 Å². The summed E-state index contributed by atoms with van der Waals surface area (Å²) in [4.78, 5) is 22.2. The molecule has 0 aliphatic heterocycles. The number of para-hydroxylation sites is 1. The molecule has 92 valence electrons. The second-order valence-corrected chi connectivity index (χ2v) is 4.12. The first-order valence-corrected chi connectivity index (χ1v) is 5.95. The minimum atomic E-state index is -4.84. The monoisotopic (exact) mass is 279 g/mol. The van der Waals surface area contributed by atoms with E-state index in [2.05, 4.69) is 15.1 Å². The summed E-state index contributed by atoms with van der Waals surface area (Å²) in [6.45, 7) is 0. The van der Waals surface area contributed by atoms with E-state index in [1.54, 1.807) is 24.3 Å². The molecular formula is C8H11N5NaO3P. The van der Waals surface area contributed by atoms with Crippen LogP contribution in [0.4, 0.5) is 5.69 Å². The minimum absolute atomic E-state index is 0. The molecule has 10 heteroatoms. The van der Waals surface area contributed by atoms with Gasteiger partial charge in [-0.3, -0.25) is 4.57 Å². The van der Waals surface area contributed by atoms with Gasteiger partial charge >= 0.3 is 29.6 Å². The SMILES string of the molecule is NC(=N\P(=O)([O-])O)/N=C(\N)Nc1ccccc1.[Na+]. The Balaban J connectivity index is 0.00000289. The maximum atomic E-state index is 10.4. The van der Waals surface area contributed by atoms with E-state index < -0.39 is 13.7 Å². The van der Waals surface area contributed by atoms with Crippen molar-refractivity contribution in [1.82, 2.24) is 0 Å². The third kappa shape index (κ3) is 7.44. The molecule has 0 spiro atoms. The predicted molar refractivity (Wildman–Crippen MR) is 63.1 cm³/mol. The molecule has 0 fully saturated rings. The standard InChI is InChI=1S/C8H12N5O3P.Na/c9-7(11-6-4-2-1-3-5-6)12-8(10)13-17(14,15)16;/h1-5H,(H7,9,10,11,12,13,14,15,16);/q;+1/p-1. The maximum absolute atomic E-state index is 10.4. The van der Waals surface area contributed by atoms with Crippen molar-refractivity contribution in [2.75, 3.05) is 5.32 Å². The van der Waals surface area contributed by atoms with Crippen molar-refractivity contribution >= 4 is 25.4 Å². The van der Waals surface area contributed by atoms with Crippen LogP contribution in [0.25, 0.3) is 0 Å². The largest absolute Gasteiger partial charge is 1.00 e. The molecular weight excluding hydrogens is 268 g/mol. The molecule has 1 rings (SSSR count). The zero-order chi connectivity index (χ0) is 12.9. The molecule has 0 amide bonds. The van der Waals surface area contributed by atoms with E-state index in [0.29, 0.717) is 5.69 Å². The second-order valence-electron chi connectivity index (χ2n) is 2.94. The Morgan fingerprint density at radius 1 is 1.33 bits per heavy atom. The first-order chi connectivity index (χ1) is 7.87. The molecule has 1 aromatic rings. The number of nitrogens with zero attached hydrogens (tertiary/aromatic N) is 2. The molecule has 1 atom stereocenters. The molecule has 0 saturated carbocycles. The van der Waals surface area contributed by atoms with E-state index >= 15 is 0 Å². The van der Waals surface area contributed by atoms with E-state index in [1.165, 1.54) is 0 Å². The van der Waals surface area contributed by atoms with E-state index in [1.807, 2.05) is 6.07 Å². The number of rotatable bonds is 2. The molecule has 0 aliphatic rings. The van der Waals surface area contributed by atoms with Crippen LogP contribution in [-0.4, -0.2) is 16.8 Å². The summed E-state index contributed by atoms with van der Waals surface area (Å²) < 4.78 is 13.1. The predicted octanol–water partition coefficient (Wildman–Crippen LogP) is -3.81. The zero-order valence-corrected chi connectivity index (χ0v) is 12.5.